The third-order valence-corrected chi connectivity index (χ3v) is 5.49. The lowest BCUT2D eigenvalue weighted by atomic mass is 10.1. The summed E-state index contributed by atoms with van der Waals surface area (Å²) in [5.74, 6) is -2.69. The van der Waals surface area contributed by atoms with E-state index < -0.39 is 5.76 Å². The number of para-hydroxylation sites is 1. The fourth-order valence-corrected chi connectivity index (χ4v) is 3.93. The third-order valence-electron chi connectivity index (χ3n) is 4.70. The van der Waals surface area contributed by atoms with Crippen LogP contribution in [-0.4, -0.2) is 54.2 Å². The maximum Gasteiger partial charge on any atom is 0.288 e. The monoisotopic (exact) mass is 405 g/mol. The van der Waals surface area contributed by atoms with Crippen molar-refractivity contribution in [3.05, 3.63) is 59.7 Å². The second-order valence-corrected chi connectivity index (χ2v) is 8.00. The molecule has 0 radical (unpaired) electrons. The van der Waals surface area contributed by atoms with Crippen LogP contribution in [0.5, 0.6) is 0 Å². The molecule has 1 aliphatic heterocycles. The van der Waals surface area contributed by atoms with Crippen LogP contribution in [0, 0.1) is 6.92 Å². The molecule has 0 atom stereocenters. The molecule has 0 unspecified atom stereocenters. The largest absolute Gasteiger partial charge is 0.324 e. The van der Waals surface area contributed by atoms with Crippen LogP contribution in [0.2, 0.25) is 0 Å². The first-order valence-corrected chi connectivity index (χ1v) is 10.2. The molecule has 1 amide bonds. The quantitative estimate of drug-likeness (QED) is 0.705. The molecule has 0 aliphatic carbocycles. The zero-order chi connectivity index (χ0) is 19.9. The molecular weight excluding hydrogens is 380 g/mol. The number of rotatable bonds is 7. The van der Waals surface area contributed by atoms with E-state index in [0.29, 0.717) is 22.3 Å². The van der Waals surface area contributed by atoms with E-state index in [0.717, 1.165) is 32.7 Å². The molecule has 150 valence electrons. The molecular formula is C21H25F2N3OS. The molecule has 7 heteroatoms. The van der Waals surface area contributed by atoms with Gasteiger partial charge >= 0.3 is 0 Å². The van der Waals surface area contributed by atoms with Gasteiger partial charge in [-0.3, -0.25) is 14.6 Å². The van der Waals surface area contributed by atoms with Gasteiger partial charge < -0.3 is 5.32 Å². The summed E-state index contributed by atoms with van der Waals surface area (Å²) in [5, 5.41) is 2.77. The zero-order valence-electron chi connectivity index (χ0n) is 15.9. The second-order valence-electron chi connectivity index (χ2n) is 6.96. The van der Waals surface area contributed by atoms with Crippen molar-refractivity contribution in [2.75, 3.05) is 38.0 Å². The van der Waals surface area contributed by atoms with E-state index in [9.17, 15) is 13.6 Å². The Morgan fingerprint density at radius 3 is 2.50 bits per heavy atom. The van der Waals surface area contributed by atoms with Crippen LogP contribution in [0.25, 0.3) is 0 Å². The zero-order valence-corrected chi connectivity index (χ0v) is 16.7. The van der Waals surface area contributed by atoms with Crippen molar-refractivity contribution in [1.29, 1.82) is 0 Å². The lowest BCUT2D eigenvalue weighted by Crippen LogP contribution is -2.48. The van der Waals surface area contributed by atoms with Crippen LogP contribution < -0.4 is 5.32 Å². The van der Waals surface area contributed by atoms with E-state index in [1.807, 2.05) is 0 Å². The average molecular weight is 406 g/mol. The molecule has 2 aromatic carbocycles. The Balaban J connectivity index is 1.46. The highest BCUT2D eigenvalue weighted by molar-refractivity contribution is 7.99. The molecule has 28 heavy (non-hydrogen) atoms. The van der Waals surface area contributed by atoms with E-state index in [-0.39, 0.29) is 12.5 Å². The highest BCUT2D eigenvalue weighted by Crippen LogP contribution is 2.31. The standard InChI is InChI=1S/C21H25F2N3OS/c1-16-5-4-6-17(13-16)14-25-9-11-26(12-10-25)15-20(27)24-18-7-2-3-8-19(18)28-21(22)23/h2-8,13,21H,9-12,14-15H2,1H3,(H,24,27). The van der Waals surface area contributed by atoms with E-state index in [2.05, 4.69) is 46.3 Å². The number of piperazine rings is 1. The Morgan fingerprint density at radius 1 is 1.07 bits per heavy atom. The van der Waals surface area contributed by atoms with Gasteiger partial charge in [-0.25, -0.2) is 0 Å². The van der Waals surface area contributed by atoms with E-state index in [1.54, 1.807) is 24.3 Å². The number of thioether (sulfide) groups is 1. The molecule has 1 saturated heterocycles. The number of nitrogens with one attached hydrogen (secondary N) is 1. The van der Waals surface area contributed by atoms with Crippen molar-refractivity contribution in [1.82, 2.24) is 9.80 Å². The van der Waals surface area contributed by atoms with Crippen molar-refractivity contribution in [2.45, 2.75) is 24.1 Å². The third kappa shape index (κ3) is 6.29. The molecule has 3 rings (SSSR count). The fraction of sp³-hybridized carbons (Fsp3) is 0.381. The molecule has 2 aromatic rings. The van der Waals surface area contributed by atoms with E-state index in [4.69, 9.17) is 0 Å². The predicted molar refractivity (Wildman–Crippen MR) is 110 cm³/mol. The van der Waals surface area contributed by atoms with Gasteiger partial charge in [0, 0.05) is 37.6 Å². The van der Waals surface area contributed by atoms with Gasteiger partial charge in [0.25, 0.3) is 5.76 Å². The van der Waals surface area contributed by atoms with Crippen molar-refractivity contribution < 1.29 is 13.6 Å². The summed E-state index contributed by atoms with van der Waals surface area (Å²) in [4.78, 5) is 17.2. The lowest BCUT2D eigenvalue weighted by Gasteiger charge is -2.34. The van der Waals surface area contributed by atoms with Crippen LogP contribution in [-0.2, 0) is 11.3 Å². The smallest absolute Gasteiger partial charge is 0.288 e. The minimum Gasteiger partial charge on any atom is -0.324 e. The number of nitrogens with zero attached hydrogens (tertiary/aromatic N) is 2. The van der Waals surface area contributed by atoms with Gasteiger partial charge in [-0.15, -0.1) is 0 Å². The summed E-state index contributed by atoms with van der Waals surface area (Å²) < 4.78 is 25.3. The fourth-order valence-electron chi connectivity index (χ4n) is 3.34. The van der Waals surface area contributed by atoms with Crippen LogP contribution >= 0.6 is 11.8 Å². The summed E-state index contributed by atoms with van der Waals surface area (Å²) >= 11 is 0.447. The van der Waals surface area contributed by atoms with Gasteiger partial charge in [-0.05, 0) is 24.6 Å². The molecule has 0 bridgehead atoms. The number of aryl methyl sites for hydroxylation is 1. The number of halogens is 2. The van der Waals surface area contributed by atoms with Crippen molar-refractivity contribution in [3.8, 4) is 0 Å². The number of hydrogen-bond acceptors (Lipinski definition) is 4. The van der Waals surface area contributed by atoms with Crippen LogP contribution in [0.15, 0.2) is 53.4 Å². The van der Waals surface area contributed by atoms with Gasteiger partial charge in [0.15, 0.2) is 0 Å². The predicted octanol–water partition coefficient (Wildman–Crippen LogP) is 4.07. The second kappa shape index (κ2) is 10.0. The average Bonchev–Trinajstić information content (AvgIpc) is 2.65. The maximum absolute atomic E-state index is 12.7. The number of carbonyl (C=O) groups is 1. The lowest BCUT2D eigenvalue weighted by molar-refractivity contribution is -0.117. The number of anilines is 1. The van der Waals surface area contributed by atoms with Crippen molar-refractivity contribution in [2.24, 2.45) is 0 Å². The highest BCUT2D eigenvalue weighted by atomic mass is 32.2. The Kier molecular flexibility index (Phi) is 7.42. The first-order chi connectivity index (χ1) is 13.5. The summed E-state index contributed by atoms with van der Waals surface area (Å²) in [6.45, 7) is 6.71. The van der Waals surface area contributed by atoms with Crippen molar-refractivity contribution >= 4 is 23.4 Å². The summed E-state index contributed by atoms with van der Waals surface area (Å²) in [7, 11) is 0. The van der Waals surface area contributed by atoms with Crippen LogP contribution in [0.4, 0.5) is 14.5 Å². The summed E-state index contributed by atoms with van der Waals surface area (Å²) in [5.41, 5.74) is 3.01. The van der Waals surface area contributed by atoms with E-state index >= 15 is 0 Å². The minimum absolute atomic E-state index is 0.172. The molecule has 0 aromatic heterocycles. The number of amides is 1. The van der Waals surface area contributed by atoms with Gasteiger partial charge in [0.05, 0.1) is 12.2 Å². The number of hydrogen-bond donors (Lipinski definition) is 1. The normalized spacial score (nSPS) is 15.7. The van der Waals surface area contributed by atoms with Gasteiger partial charge in [0.2, 0.25) is 5.91 Å². The Morgan fingerprint density at radius 2 is 1.79 bits per heavy atom. The van der Waals surface area contributed by atoms with Crippen LogP contribution in [0.3, 0.4) is 0 Å². The Hall–Kier alpha value is -1.96. The van der Waals surface area contributed by atoms with Crippen molar-refractivity contribution in [3.63, 3.8) is 0 Å². The molecule has 1 heterocycles. The summed E-state index contributed by atoms with van der Waals surface area (Å²) in [6, 6.07) is 15.2. The topological polar surface area (TPSA) is 35.6 Å². The van der Waals surface area contributed by atoms with Crippen LogP contribution in [0.1, 0.15) is 11.1 Å². The molecule has 0 saturated carbocycles. The van der Waals surface area contributed by atoms with Gasteiger partial charge in [0.1, 0.15) is 0 Å². The number of benzene rings is 2. The SMILES string of the molecule is Cc1cccc(CN2CCN(CC(=O)Nc3ccccc3SC(F)F)CC2)c1. The summed E-state index contributed by atoms with van der Waals surface area (Å²) in [6.07, 6.45) is 0. The first kappa shape index (κ1) is 20.8. The van der Waals surface area contributed by atoms with Gasteiger partial charge in [-0.2, -0.15) is 8.78 Å². The molecule has 1 N–H and O–H groups in total. The highest BCUT2D eigenvalue weighted by Gasteiger charge is 2.20. The minimum atomic E-state index is -2.51. The number of alkyl halides is 2. The molecule has 1 fully saturated rings. The molecule has 0 spiro atoms. The maximum atomic E-state index is 12.7. The first-order valence-electron chi connectivity index (χ1n) is 9.33. The molecule has 1 aliphatic rings. The number of carbonyl (C=O) groups excluding carboxylic acids is 1. The molecule has 4 nitrogen and oxygen atoms in total. The Labute approximate surface area is 168 Å². The van der Waals surface area contributed by atoms with E-state index in [1.165, 1.54) is 11.1 Å². The Bertz CT molecular complexity index is 795. The van der Waals surface area contributed by atoms with Gasteiger partial charge in [-0.1, -0.05) is 53.7 Å².